The largest absolute Gasteiger partial charge is 0.493 e. The zero-order chi connectivity index (χ0) is 17.3. The molecule has 6 nitrogen and oxygen atoms in total. The minimum atomic E-state index is -0.381. The Morgan fingerprint density at radius 3 is 2.67 bits per heavy atom. The molecule has 1 saturated heterocycles. The van der Waals surface area contributed by atoms with Gasteiger partial charge in [-0.3, -0.25) is 4.79 Å². The smallest absolute Gasteiger partial charge is 0.258 e. The molecule has 7 heteroatoms. The van der Waals surface area contributed by atoms with Gasteiger partial charge in [0, 0.05) is 6.54 Å². The molecule has 1 amide bonds. The first-order chi connectivity index (χ1) is 11.7. The molecule has 1 aliphatic heterocycles. The number of amides is 1. The molecule has 1 aromatic rings. The molecule has 1 aliphatic rings. The highest BCUT2D eigenvalue weighted by atomic mass is 32.2. The van der Waals surface area contributed by atoms with E-state index in [1.165, 1.54) is 0 Å². The van der Waals surface area contributed by atoms with Gasteiger partial charge in [0.15, 0.2) is 18.1 Å². The van der Waals surface area contributed by atoms with Crippen molar-refractivity contribution in [1.29, 1.82) is 0 Å². The lowest BCUT2D eigenvalue weighted by molar-refractivity contribution is -0.125. The van der Waals surface area contributed by atoms with Gasteiger partial charge in [0.1, 0.15) is 0 Å². The van der Waals surface area contributed by atoms with E-state index in [4.69, 9.17) is 19.3 Å². The highest BCUT2D eigenvalue weighted by Gasteiger charge is 2.33. The molecule has 1 aromatic carbocycles. The van der Waals surface area contributed by atoms with Gasteiger partial charge >= 0.3 is 0 Å². The number of carbonyl (C=O) groups is 1. The first kappa shape index (κ1) is 18.9. The van der Waals surface area contributed by atoms with Gasteiger partial charge in [-0.2, -0.15) is 11.8 Å². The average Bonchev–Trinajstić information content (AvgIpc) is 2.64. The van der Waals surface area contributed by atoms with Crippen molar-refractivity contribution in [3.63, 3.8) is 0 Å². The van der Waals surface area contributed by atoms with Crippen LogP contribution in [-0.4, -0.2) is 61.6 Å². The van der Waals surface area contributed by atoms with E-state index < -0.39 is 0 Å². The lowest BCUT2D eigenvalue weighted by Crippen LogP contribution is -2.48. The lowest BCUT2D eigenvalue weighted by Gasteiger charge is -2.37. The molecule has 0 bridgehead atoms. The van der Waals surface area contributed by atoms with Crippen LogP contribution >= 0.6 is 11.8 Å². The summed E-state index contributed by atoms with van der Waals surface area (Å²) in [6.07, 6.45) is 1.73. The number of carbonyl (C=O) groups excluding carboxylic acids is 1. The van der Waals surface area contributed by atoms with E-state index in [0.29, 0.717) is 18.0 Å². The number of nitrogens with one attached hydrogen (secondary N) is 1. The van der Waals surface area contributed by atoms with E-state index in [0.717, 1.165) is 24.3 Å². The fraction of sp³-hybridized carbons (Fsp3) is 0.588. The van der Waals surface area contributed by atoms with Gasteiger partial charge in [0.25, 0.3) is 5.91 Å². The van der Waals surface area contributed by atoms with Crippen molar-refractivity contribution in [2.75, 3.05) is 45.0 Å². The van der Waals surface area contributed by atoms with Crippen molar-refractivity contribution < 1.29 is 24.1 Å². The molecule has 0 atom stereocenters. The molecule has 0 spiro atoms. The summed E-state index contributed by atoms with van der Waals surface area (Å²) in [5, 5.41) is 11.9. The predicted octanol–water partition coefficient (Wildman–Crippen LogP) is 1.46. The van der Waals surface area contributed by atoms with Gasteiger partial charge in [0.2, 0.25) is 0 Å². The van der Waals surface area contributed by atoms with Gasteiger partial charge in [-0.15, -0.1) is 0 Å². The summed E-state index contributed by atoms with van der Waals surface area (Å²) in [4.78, 5) is 12.1. The summed E-state index contributed by atoms with van der Waals surface area (Å²) < 4.78 is 16.5. The number of benzene rings is 1. The number of thioether (sulfide) groups is 1. The van der Waals surface area contributed by atoms with Crippen molar-refractivity contribution in [2.24, 2.45) is 0 Å². The van der Waals surface area contributed by atoms with E-state index in [-0.39, 0.29) is 31.3 Å². The van der Waals surface area contributed by atoms with Crippen LogP contribution in [0.1, 0.15) is 12.8 Å². The van der Waals surface area contributed by atoms with Crippen LogP contribution < -0.4 is 14.8 Å². The normalized spacial score (nSPS) is 16.4. The standard InChI is InChI=1S/C17H25NO5S/c1-21-14-4-2-3-5-15(14)22-12-16(20)18-13-17(23-9-8-19)6-10-24-11-7-17/h2-5,19H,6-13H2,1H3,(H,18,20). The first-order valence-corrected chi connectivity index (χ1v) is 9.20. The Kier molecular flexibility index (Phi) is 7.68. The highest BCUT2D eigenvalue weighted by molar-refractivity contribution is 7.99. The zero-order valence-corrected chi connectivity index (χ0v) is 14.8. The van der Waals surface area contributed by atoms with E-state index >= 15 is 0 Å². The van der Waals surface area contributed by atoms with Crippen molar-refractivity contribution in [3.05, 3.63) is 24.3 Å². The Labute approximate surface area is 146 Å². The van der Waals surface area contributed by atoms with Gasteiger partial charge in [-0.05, 0) is 36.5 Å². The summed E-state index contributed by atoms with van der Waals surface area (Å²) in [6.45, 7) is 0.630. The monoisotopic (exact) mass is 355 g/mol. The van der Waals surface area contributed by atoms with Crippen molar-refractivity contribution in [3.8, 4) is 11.5 Å². The number of hydrogen-bond acceptors (Lipinski definition) is 6. The topological polar surface area (TPSA) is 77.0 Å². The minimum absolute atomic E-state index is 0.0141. The van der Waals surface area contributed by atoms with Crippen LogP contribution in [0.2, 0.25) is 0 Å². The molecule has 2 N–H and O–H groups in total. The molecule has 1 heterocycles. The van der Waals surface area contributed by atoms with Gasteiger partial charge in [-0.25, -0.2) is 0 Å². The number of aliphatic hydroxyl groups is 1. The fourth-order valence-corrected chi connectivity index (χ4v) is 3.81. The van der Waals surface area contributed by atoms with Crippen LogP contribution in [0.4, 0.5) is 0 Å². The molecule has 0 radical (unpaired) electrons. The Balaban J connectivity index is 1.82. The Hall–Kier alpha value is -1.44. The summed E-state index contributed by atoms with van der Waals surface area (Å²) in [5.41, 5.74) is -0.381. The van der Waals surface area contributed by atoms with Gasteiger partial charge in [0.05, 0.1) is 25.9 Å². The SMILES string of the molecule is COc1ccccc1OCC(=O)NCC1(OCCO)CCSCC1. The van der Waals surface area contributed by atoms with Gasteiger partial charge < -0.3 is 24.6 Å². The van der Waals surface area contributed by atoms with Gasteiger partial charge in [-0.1, -0.05) is 12.1 Å². The van der Waals surface area contributed by atoms with Crippen molar-refractivity contribution in [1.82, 2.24) is 5.32 Å². The minimum Gasteiger partial charge on any atom is -0.493 e. The number of methoxy groups -OCH3 is 1. The Morgan fingerprint density at radius 1 is 1.29 bits per heavy atom. The second-order valence-electron chi connectivity index (χ2n) is 5.58. The highest BCUT2D eigenvalue weighted by Crippen LogP contribution is 2.30. The number of rotatable bonds is 9. The zero-order valence-electron chi connectivity index (χ0n) is 14.0. The van der Waals surface area contributed by atoms with Crippen LogP contribution in [0.3, 0.4) is 0 Å². The number of ether oxygens (including phenoxy) is 3. The average molecular weight is 355 g/mol. The second kappa shape index (κ2) is 9.76. The molecular formula is C17H25NO5S. The van der Waals surface area contributed by atoms with Crippen LogP contribution in [0.5, 0.6) is 11.5 Å². The van der Waals surface area contributed by atoms with Crippen molar-refractivity contribution in [2.45, 2.75) is 18.4 Å². The molecule has 1 fully saturated rings. The summed E-state index contributed by atoms with van der Waals surface area (Å²) in [7, 11) is 1.56. The van der Waals surface area contributed by atoms with Crippen LogP contribution in [0.15, 0.2) is 24.3 Å². The summed E-state index contributed by atoms with van der Waals surface area (Å²) >= 11 is 1.88. The molecule has 0 unspecified atom stereocenters. The van der Waals surface area contributed by atoms with E-state index in [1.54, 1.807) is 19.2 Å². The molecule has 0 saturated carbocycles. The second-order valence-corrected chi connectivity index (χ2v) is 6.81. The summed E-state index contributed by atoms with van der Waals surface area (Å²) in [5.74, 6) is 2.93. The number of para-hydroxylation sites is 2. The number of hydrogen-bond donors (Lipinski definition) is 2. The third kappa shape index (κ3) is 5.58. The van der Waals surface area contributed by atoms with Crippen LogP contribution in [0.25, 0.3) is 0 Å². The van der Waals surface area contributed by atoms with E-state index in [9.17, 15) is 4.79 Å². The third-order valence-corrected chi connectivity index (χ3v) is 4.92. The van der Waals surface area contributed by atoms with Crippen LogP contribution in [-0.2, 0) is 9.53 Å². The van der Waals surface area contributed by atoms with Crippen molar-refractivity contribution >= 4 is 17.7 Å². The Bertz CT molecular complexity index is 519. The molecule has 2 rings (SSSR count). The maximum absolute atomic E-state index is 12.1. The van der Waals surface area contributed by atoms with E-state index in [1.807, 2.05) is 23.9 Å². The fourth-order valence-electron chi connectivity index (χ4n) is 2.57. The maximum atomic E-state index is 12.1. The third-order valence-electron chi connectivity index (χ3n) is 3.94. The quantitative estimate of drug-likeness (QED) is 0.698. The summed E-state index contributed by atoms with van der Waals surface area (Å²) in [6, 6.07) is 7.21. The molecule has 24 heavy (non-hydrogen) atoms. The Morgan fingerprint density at radius 2 is 2.00 bits per heavy atom. The number of aliphatic hydroxyl groups excluding tert-OH is 1. The molecule has 0 aliphatic carbocycles. The van der Waals surface area contributed by atoms with E-state index in [2.05, 4.69) is 5.32 Å². The van der Waals surface area contributed by atoms with Crippen LogP contribution in [0, 0.1) is 0 Å². The lowest BCUT2D eigenvalue weighted by atomic mass is 9.96. The molecule has 0 aromatic heterocycles. The maximum Gasteiger partial charge on any atom is 0.258 e. The first-order valence-electron chi connectivity index (χ1n) is 8.04. The molecular weight excluding hydrogens is 330 g/mol. The molecule has 134 valence electrons. The predicted molar refractivity (Wildman–Crippen MR) is 93.8 cm³/mol.